The lowest BCUT2D eigenvalue weighted by molar-refractivity contribution is -0.0428. The van der Waals surface area contributed by atoms with Crippen LogP contribution in [0.15, 0.2) is 72.4 Å². The molecule has 0 spiro atoms. The third-order valence-corrected chi connectivity index (χ3v) is 6.70. The van der Waals surface area contributed by atoms with Crippen LogP contribution < -0.4 is 11.1 Å². The van der Waals surface area contributed by atoms with E-state index in [0.717, 1.165) is 16.0 Å². The minimum Gasteiger partial charge on any atom is -0.444 e. The van der Waals surface area contributed by atoms with E-state index in [1.165, 1.54) is 11.3 Å². The van der Waals surface area contributed by atoms with Gasteiger partial charge in [0.2, 0.25) is 0 Å². The Morgan fingerprint density at radius 3 is 2.27 bits per heavy atom. The standard InChI is InChI=1S/C28H35N3O5S/c1-20(2)14-28(36-26(29)33,15-22-11-7-4-8-12-22)16-25(32)24(13-21-9-5-3-6-10-21)31-27(34)35-18-23-17-30-19-37-23/h3-12,17,19-20,24-25,32H,13-16,18H2,1-2H3,(H2,29,33)(H,31,34). The van der Waals surface area contributed by atoms with E-state index in [0.29, 0.717) is 19.3 Å². The second kappa shape index (κ2) is 13.8. The molecule has 1 aromatic heterocycles. The second-order valence-corrected chi connectivity index (χ2v) is 10.6. The van der Waals surface area contributed by atoms with Crippen LogP contribution in [0.5, 0.6) is 0 Å². The molecular weight excluding hydrogens is 490 g/mol. The normalized spacial score (nSPS) is 14.4. The Kier molecular flexibility index (Phi) is 10.5. The van der Waals surface area contributed by atoms with E-state index in [1.54, 1.807) is 11.7 Å². The molecule has 37 heavy (non-hydrogen) atoms. The Bertz CT molecular complexity index is 1100. The molecule has 0 aliphatic carbocycles. The first-order chi connectivity index (χ1) is 17.7. The van der Waals surface area contributed by atoms with Gasteiger partial charge in [-0.2, -0.15) is 0 Å². The van der Waals surface area contributed by atoms with Crippen molar-refractivity contribution >= 4 is 23.5 Å². The molecule has 0 bridgehead atoms. The lowest BCUT2D eigenvalue weighted by Crippen LogP contribution is -2.51. The van der Waals surface area contributed by atoms with Gasteiger partial charge in [0.25, 0.3) is 0 Å². The molecule has 3 unspecified atom stereocenters. The minimum absolute atomic E-state index is 0.0790. The van der Waals surface area contributed by atoms with Crippen LogP contribution in [-0.4, -0.2) is 40.0 Å². The fraction of sp³-hybridized carbons (Fsp3) is 0.393. The van der Waals surface area contributed by atoms with Gasteiger partial charge in [-0.05, 0) is 29.9 Å². The molecule has 2 amide bonds. The molecule has 4 N–H and O–H groups in total. The molecule has 0 fully saturated rings. The van der Waals surface area contributed by atoms with Crippen molar-refractivity contribution in [2.24, 2.45) is 11.7 Å². The van der Waals surface area contributed by atoms with Crippen molar-refractivity contribution in [2.45, 2.75) is 63.9 Å². The van der Waals surface area contributed by atoms with Crippen LogP contribution in [0, 0.1) is 5.92 Å². The molecule has 0 radical (unpaired) electrons. The zero-order chi connectivity index (χ0) is 26.7. The number of carbonyl (C=O) groups excluding carboxylic acids is 2. The van der Waals surface area contributed by atoms with Gasteiger partial charge >= 0.3 is 12.2 Å². The Morgan fingerprint density at radius 2 is 1.70 bits per heavy atom. The van der Waals surface area contributed by atoms with E-state index < -0.39 is 29.9 Å². The number of nitrogens with zero attached hydrogens (tertiary/aromatic N) is 1. The number of rotatable bonds is 13. The highest BCUT2D eigenvalue weighted by molar-refractivity contribution is 7.09. The van der Waals surface area contributed by atoms with E-state index in [4.69, 9.17) is 15.2 Å². The molecule has 9 heteroatoms. The molecule has 0 saturated carbocycles. The number of hydrogen-bond donors (Lipinski definition) is 3. The lowest BCUT2D eigenvalue weighted by Gasteiger charge is -2.38. The smallest absolute Gasteiger partial charge is 0.407 e. The van der Waals surface area contributed by atoms with Crippen molar-refractivity contribution in [1.29, 1.82) is 0 Å². The summed E-state index contributed by atoms with van der Waals surface area (Å²) in [6.45, 7) is 4.13. The van der Waals surface area contributed by atoms with Crippen LogP contribution in [-0.2, 0) is 28.9 Å². The van der Waals surface area contributed by atoms with Gasteiger partial charge in [0.1, 0.15) is 12.2 Å². The van der Waals surface area contributed by atoms with Crippen molar-refractivity contribution in [2.75, 3.05) is 0 Å². The Hall–Kier alpha value is -3.43. The highest BCUT2D eigenvalue weighted by Gasteiger charge is 2.39. The number of alkyl carbamates (subject to hydrolysis) is 1. The number of ether oxygens (including phenoxy) is 2. The maximum absolute atomic E-state index is 12.7. The highest BCUT2D eigenvalue weighted by atomic mass is 32.1. The molecule has 0 aliphatic rings. The van der Waals surface area contributed by atoms with Gasteiger partial charge in [-0.25, -0.2) is 9.59 Å². The van der Waals surface area contributed by atoms with Gasteiger partial charge in [-0.1, -0.05) is 74.5 Å². The van der Waals surface area contributed by atoms with Crippen molar-refractivity contribution in [3.05, 3.63) is 88.4 Å². The summed E-state index contributed by atoms with van der Waals surface area (Å²) in [6, 6.07) is 18.5. The third kappa shape index (κ3) is 9.51. The van der Waals surface area contributed by atoms with Gasteiger partial charge < -0.3 is 25.6 Å². The number of nitrogens with one attached hydrogen (secondary N) is 1. The lowest BCUT2D eigenvalue weighted by atomic mass is 9.80. The summed E-state index contributed by atoms with van der Waals surface area (Å²) in [4.78, 5) is 29.5. The first-order valence-corrected chi connectivity index (χ1v) is 13.2. The maximum atomic E-state index is 12.7. The first-order valence-electron chi connectivity index (χ1n) is 12.3. The molecule has 1 heterocycles. The quantitative estimate of drug-likeness (QED) is 0.293. The van der Waals surface area contributed by atoms with E-state index in [1.807, 2.05) is 74.5 Å². The molecule has 3 aromatic rings. The first kappa shape index (κ1) is 28.1. The summed E-state index contributed by atoms with van der Waals surface area (Å²) in [5.74, 6) is 0.153. The summed E-state index contributed by atoms with van der Waals surface area (Å²) in [6.07, 6.45) is 0.321. The van der Waals surface area contributed by atoms with Gasteiger partial charge in [0.05, 0.1) is 22.5 Å². The number of aliphatic hydroxyl groups is 1. The van der Waals surface area contributed by atoms with Crippen molar-refractivity contribution in [3.63, 3.8) is 0 Å². The average molecular weight is 526 g/mol. The third-order valence-electron chi connectivity index (χ3n) is 5.94. The summed E-state index contributed by atoms with van der Waals surface area (Å²) in [5, 5.41) is 14.3. The molecule has 0 saturated heterocycles. The summed E-state index contributed by atoms with van der Waals surface area (Å²) in [7, 11) is 0. The molecular formula is C28H35N3O5S. The molecule has 2 aromatic carbocycles. The molecule has 0 aliphatic heterocycles. The van der Waals surface area contributed by atoms with Crippen LogP contribution in [0.4, 0.5) is 9.59 Å². The van der Waals surface area contributed by atoms with E-state index in [9.17, 15) is 14.7 Å². The van der Waals surface area contributed by atoms with Crippen LogP contribution in [0.2, 0.25) is 0 Å². The number of aliphatic hydroxyl groups excluding tert-OH is 1. The minimum atomic E-state index is -1.07. The SMILES string of the molecule is CC(C)CC(Cc1ccccc1)(CC(O)C(Cc1ccccc1)NC(=O)OCc1cncs1)OC(N)=O. The highest BCUT2D eigenvalue weighted by Crippen LogP contribution is 2.32. The molecule has 8 nitrogen and oxygen atoms in total. The summed E-state index contributed by atoms with van der Waals surface area (Å²) < 4.78 is 11.1. The van der Waals surface area contributed by atoms with E-state index >= 15 is 0 Å². The maximum Gasteiger partial charge on any atom is 0.407 e. The van der Waals surface area contributed by atoms with Gasteiger partial charge in [-0.3, -0.25) is 4.98 Å². The number of primary amides is 1. The number of aromatic nitrogens is 1. The predicted octanol–water partition coefficient (Wildman–Crippen LogP) is 4.85. The molecule has 3 atom stereocenters. The van der Waals surface area contributed by atoms with Crippen molar-refractivity contribution in [1.82, 2.24) is 10.3 Å². The van der Waals surface area contributed by atoms with Crippen LogP contribution in [0.1, 0.15) is 42.7 Å². The van der Waals surface area contributed by atoms with Gasteiger partial charge in [0, 0.05) is 19.0 Å². The average Bonchev–Trinajstić information content (AvgIpc) is 3.36. The molecule has 3 rings (SSSR count). The van der Waals surface area contributed by atoms with Crippen LogP contribution in [0.25, 0.3) is 0 Å². The number of nitrogens with two attached hydrogens (primary N) is 1. The van der Waals surface area contributed by atoms with Crippen LogP contribution in [0.3, 0.4) is 0 Å². The topological polar surface area (TPSA) is 124 Å². The second-order valence-electron chi connectivity index (χ2n) is 9.62. The number of carbonyl (C=O) groups is 2. The van der Waals surface area contributed by atoms with E-state index in [-0.39, 0.29) is 18.9 Å². The summed E-state index contributed by atoms with van der Waals surface area (Å²) >= 11 is 1.39. The Labute approximate surface area is 221 Å². The fourth-order valence-electron chi connectivity index (χ4n) is 4.59. The van der Waals surface area contributed by atoms with Gasteiger partial charge in [-0.15, -0.1) is 11.3 Å². The zero-order valence-electron chi connectivity index (χ0n) is 21.2. The number of hydrogen-bond acceptors (Lipinski definition) is 7. The van der Waals surface area contributed by atoms with Gasteiger partial charge in [0.15, 0.2) is 0 Å². The zero-order valence-corrected chi connectivity index (χ0v) is 22.0. The number of amides is 2. The number of thiazole rings is 1. The van der Waals surface area contributed by atoms with Crippen molar-refractivity contribution < 1.29 is 24.2 Å². The predicted molar refractivity (Wildman–Crippen MR) is 143 cm³/mol. The number of benzene rings is 2. The molecule has 198 valence electrons. The summed E-state index contributed by atoms with van der Waals surface area (Å²) in [5.41, 5.74) is 8.00. The fourth-order valence-corrected chi connectivity index (χ4v) is 5.10. The monoisotopic (exact) mass is 525 g/mol. The van der Waals surface area contributed by atoms with Crippen molar-refractivity contribution in [3.8, 4) is 0 Å². The Balaban J connectivity index is 1.83. The Morgan fingerprint density at radius 1 is 1.05 bits per heavy atom. The van der Waals surface area contributed by atoms with E-state index in [2.05, 4.69) is 10.3 Å². The largest absolute Gasteiger partial charge is 0.444 e. The van der Waals surface area contributed by atoms with Crippen LogP contribution >= 0.6 is 11.3 Å².